The van der Waals surface area contributed by atoms with E-state index in [2.05, 4.69) is 15.1 Å². The molecule has 1 atom stereocenters. The van der Waals surface area contributed by atoms with E-state index in [1.54, 1.807) is 29.0 Å². The van der Waals surface area contributed by atoms with Crippen LogP contribution >= 0.6 is 0 Å². The SMILES string of the molecule is C[C@@H](Cn1ccc(C(=O)N2CCN(c3ncc(C(F)(F)F)cn3)CC2)n1)OC(N)=O. The van der Waals surface area contributed by atoms with E-state index in [-0.39, 0.29) is 24.1 Å². The first-order valence-electron chi connectivity index (χ1n) is 9.06. The van der Waals surface area contributed by atoms with Crippen LogP contribution in [0.3, 0.4) is 0 Å². The number of nitrogens with zero attached hydrogens (tertiary/aromatic N) is 6. The molecule has 0 bridgehead atoms. The Morgan fingerprint density at radius 3 is 2.40 bits per heavy atom. The minimum Gasteiger partial charge on any atom is -0.445 e. The first-order valence-corrected chi connectivity index (χ1v) is 9.06. The van der Waals surface area contributed by atoms with Crippen molar-refractivity contribution in [3.8, 4) is 0 Å². The predicted octanol–water partition coefficient (Wildman–Crippen LogP) is 1.14. The lowest BCUT2D eigenvalue weighted by Crippen LogP contribution is -2.49. The number of hydrogen-bond donors (Lipinski definition) is 1. The fraction of sp³-hybridized carbons (Fsp3) is 0.471. The summed E-state index contributed by atoms with van der Waals surface area (Å²) in [5.74, 6) is -0.0898. The Kier molecular flexibility index (Phi) is 6.08. The summed E-state index contributed by atoms with van der Waals surface area (Å²) in [7, 11) is 0. The van der Waals surface area contributed by atoms with Gasteiger partial charge in [0.2, 0.25) is 5.95 Å². The zero-order valence-electron chi connectivity index (χ0n) is 16.0. The topological polar surface area (TPSA) is 119 Å². The van der Waals surface area contributed by atoms with Crippen molar-refractivity contribution in [2.45, 2.75) is 25.7 Å². The molecule has 13 heteroatoms. The summed E-state index contributed by atoms with van der Waals surface area (Å²) in [6, 6.07) is 1.56. The van der Waals surface area contributed by atoms with Gasteiger partial charge in [-0.25, -0.2) is 14.8 Å². The van der Waals surface area contributed by atoms with Gasteiger partial charge in [-0.05, 0) is 13.0 Å². The van der Waals surface area contributed by atoms with E-state index < -0.39 is 23.9 Å². The molecule has 1 aliphatic rings. The summed E-state index contributed by atoms with van der Waals surface area (Å²) in [6.07, 6.45) is -2.79. The highest BCUT2D eigenvalue weighted by atomic mass is 19.4. The van der Waals surface area contributed by atoms with Crippen LogP contribution in [0.15, 0.2) is 24.7 Å². The van der Waals surface area contributed by atoms with Gasteiger partial charge in [0, 0.05) is 44.8 Å². The average Bonchev–Trinajstić information content (AvgIpc) is 3.14. The monoisotopic (exact) mass is 427 g/mol. The van der Waals surface area contributed by atoms with Crippen molar-refractivity contribution in [2.75, 3.05) is 31.1 Å². The van der Waals surface area contributed by atoms with Crippen molar-refractivity contribution in [3.63, 3.8) is 0 Å². The molecule has 3 rings (SSSR count). The molecule has 2 aromatic rings. The summed E-state index contributed by atoms with van der Waals surface area (Å²) in [5, 5.41) is 4.19. The summed E-state index contributed by atoms with van der Waals surface area (Å²) in [4.78, 5) is 34.3. The van der Waals surface area contributed by atoms with Gasteiger partial charge in [-0.2, -0.15) is 18.3 Å². The Morgan fingerprint density at radius 2 is 1.83 bits per heavy atom. The zero-order valence-corrected chi connectivity index (χ0v) is 16.0. The van der Waals surface area contributed by atoms with Crippen LogP contribution in [0, 0.1) is 0 Å². The lowest BCUT2D eigenvalue weighted by molar-refractivity contribution is -0.138. The maximum absolute atomic E-state index is 12.6. The number of nitrogens with two attached hydrogens (primary N) is 1. The Balaban J connectivity index is 1.55. The summed E-state index contributed by atoms with van der Waals surface area (Å²) < 4.78 is 44.2. The van der Waals surface area contributed by atoms with Gasteiger partial charge in [-0.15, -0.1) is 0 Å². The molecule has 0 saturated carbocycles. The molecule has 1 saturated heterocycles. The lowest BCUT2D eigenvalue weighted by Gasteiger charge is -2.34. The van der Waals surface area contributed by atoms with Gasteiger partial charge >= 0.3 is 12.3 Å². The van der Waals surface area contributed by atoms with Gasteiger partial charge < -0.3 is 20.3 Å². The number of amides is 2. The van der Waals surface area contributed by atoms with Gasteiger partial charge in [0.25, 0.3) is 5.91 Å². The van der Waals surface area contributed by atoms with Crippen molar-refractivity contribution in [1.29, 1.82) is 0 Å². The number of primary amides is 1. The molecule has 2 N–H and O–H groups in total. The van der Waals surface area contributed by atoms with Gasteiger partial charge in [-0.3, -0.25) is 9.48 Å². The van der Waals surface area contributed by atoms with Gasteiger partial charge in [0.15, 0.2) is 0 Å². The predicted molar refractivity (Wildman–Crippen MR) is 97.5 cm³/mol. The van der Waals surface area contributed by atoms with Crippen LogP contribution in [0.1, 0.15) is 23.0 Å². The molecule has 0 unspecified atom stereocenters. The number of carbonyl (C=O) groups is 2. The number of rotatable bonds is 5. The van der Waals surface area contributed by atoms with E-state index in [9.17, 15) is 22.8 Å². The molecular formula is C17H20F3N7O3. The van der Waals surface area contributed by atoms with E-state index in [0.717, 1.165) is 12.4 Å². The second kappa shape index (κ2) is 8.55. The fourth-order valence-corrected chi connectivity index (χ4v) is 2.98. The van der Waals surface area contributed by atoms with E-state index in [1.807, 2.05) is 0 Å². The molecule has 2 aromatic heterocycles. The van der Waals surface area contributed by atoms with Crippen LogP contribution in [0.4, 0.5) is 23.9 Å². The van der Waals surface area contributed by atoms with E-state index in [1.165, 1.54) is 4.68 Å². The molecule has 1 aliphatic heterocycles. The zero-order chi connectivity index (χ0) is 21.9. The van der Waals surface area contributed by atoms with Crippen molar-refractivity contribution in [3.05, 3.63) is 35.9 Å². The largest absolute Gasteiger partial charge is 0.445 e. The number of hydrogen-bond acceptors (Lipinski definition) is 7. The lowest BCUT2D eigenvalue weighted by atomic mass is 10.3. The normalized spacial score (nSPS) is 15.7. The first-order chi connectivity index (χ1) is 14.1. The number of anilines is 1. The highest BCUT2D eigenvalue weighted by Gasteiger charge is 2.32. The van der Waals surface area contributed by atoms with Crippen LogP contribution in [-0.4, -0.2) is 68.9 Å². The maximum atomic E-state index is 12.6. The van der Waals surface area contributed by atoms with Gasteiger partial charge in [-0.1, -0.05) is 0 Å². The van der Waals surface area contributed by atoms with Crippen LogP contribution in [0.5, 0.6) is 0 Å². The first kappa shape index (κ1) is 21.3. The summed E-state index contributed by atoms with van der Waals surface area (Å²) >= 11 is 0. The summed E-state index contributed by atoms with van der Waals surface area (Å²) in [6.45, 7) is 3.34. The molecule has 162 valence electrons. The van der Waals surface area contributed by atoms with E-state index in [0.29, 0.717) is 26.2 Å². The minimum atomic E-state index is -4.49. The third kappa shape index (κ3) is 5.15. The molecule has 10 nitrogen and oxygen atoms in total. The molecule has 1 fully saturated rings. The van der Waals surface area contributed by atoms with Crippen molar-refractivity contribution < 1.29 is 27.5 Å². The molecule has 0 aromatic carbocycles. The number of alkyl halides is 3. The van der Waals surface area contributed by atoms with Crippen molar-refractivity contribution >= 4 is 17.9 Å². The molecule has 30 heavy (non-hydrogen) atoms. The second-order valence-corrected chi connectivity index (χ2v) is 6.72. The van der Waals surface area contributed by atoms with Gasteiger partial charge in [0.05, 0.1) is 12.1 Å². The maximum Gasteiger partial charge on any atom is 0.419 e. The molecule has 0 aliphatic carbocycles. The summed E-state index contributed by atoms with van der Waals surface area (Å²) in [5.41, 5.74) is 4.29. The van der Waals surface area contributed by atoms with Crippen LogP contribution in [0.25, 0.3) is 0 Å². The Labute approximate surface area is 169 Å². The van der Waals surface area contributed by atoms with E-state index >= 15 is 0 Å². The minimum absolute atomic E-state index is 0.183. The quantitative estimate of drug-likeness (QED) is 0.760. The van der Waals surface area contributed by atoms with Gasteiger partial charge in [0.1, 0.15) is 11.8 Å². The smallest absolute Gasteiger partial charge is 0.419 e. The van der Waals surface area contributed by atoms with Crippen molar-refractivity contribution in [2.24, 2.45) is 5.73 Å². The second-order valence-electron chi connectivity index (χ2n) is 6.72. The third-order valence-electron chi connectivity index (χ3n) is 4.44. The highest BCUT2D eigenvalue weighted by molar-refractivity contribution is 5.92. The molecular weight excluding hydrogens is 407 g/mol. The Bertz CT molecular complexity index is 893. The van der Waals surface area contributed by atoms with Crippen LogP contribution in [-0.2, 0) is 17.5 Å². The molecule has 0 spiro atoms. The van der Waals surface area contributed by atoms with Crippen LogP contribution in [0.2, 0.25) is 0 Å². The highest BCUT2D eigenvalue weighted by Crippen LogP contribution is 2.28. The Morgan fingerprint density at radius 1 is 1.20 bits per heavy atom. The van der Waals surface area contributed by atoms with Crippen molar-refractivity contribution in [1.82, 2.24) is 24.6 Å². The Hall–Kier alpha value is -3.38. The van der Waals surface area contributed by atoms with E-state index in [4.69, 9.17) is 10.5 Å². The molecule has 2 amide bonds. The number of piperazine rings is 1. The third-order valence-corrected chi connectivity index (χ3v) is 4.44. The average molecular weight is 427 g/mol. The molecule has 0 radical (unpaired) electrons. The standard InChI is InChI=1S/C17H20F3N7O3/c1-11(30-15(21)29)10-27-3-2-13(24-27)14(28)25-4-6-26(7-5-25)16-22-8-12(9-23-16)17(18,19)20/h2-3,8-9,11H,4-7,10H2,1H3,(H2,21,29)/t11-/m0/s1. The number of aromatic nitrogens is 4. The number of halogens is 3. The van der Waals surface area contributed by atoms with Crippen LogP contribution < -0.4 is 10.6 Å². The number of ether oxygens (including phenoxy) is 1. The fourth-order valence-electron chi connectivity index (χ4n) is 2.98. The molecule has 3 heterocycles. The number of carbonyl (C=O) groups excluding carboxylic acids is 2.